The number of alkyl halides is 3. The summed E-state index contributed by atoms with van der Waals surface area (Å²) in [5, 5.41) is 5.47. The van der Waals surface area contributed by atoms with Crippen LogP contribution in [0, 0.1) is 0 Å². The molecule has 0 aliphatic rings. The van der Waals surface area contributed by atoms with Crippen LogP contribution < -0.4 is 10.6 Å². The van der Waals surface area contributed by atoms with Gasteiger partial charge in [-0.2, -0.15) is 13.2 Å². The van der Waals surface area contributed by atoms with Crippen molar-refractivity contribution in [3.05, 3.63) is 40.6 Å². The van der Waals surface area contributed by atoms with Crippen LogP contribution in [0.5, 0.6) is 0 Å². The van der Waals surface area contributed by atoms with Crippen molar-refractivity contribution in [3.8, 4) is 0 Å². The summed E-state index contributed by atoms with van der Waals surface area (Å²) in [5.74, 6) is 0.730. The second-order valence-corrected chi connectivity index (χ2v) is 4.60. The molecule has 0 radical (unpaired) electrons. The molecular formula is C12H10BrF3N4. The minimum atomic E-state index is -4.44. The largest absolute Gasteiger partial charge is 0.418 e. The highest BCUT2D eigenvalue weighted by molar-refractivity contribution is 9.10. The number of aromatic nitrogens is 2. The number of nitrogens with zero attached hydrogens (tertiary/aromatic N) is 2. The summed E-state index contributed by atoms with van der Waals surface area (Å²) in [6.45, 7) is 0. The van der Waals surface area contributed by atoms with Gasteiger partial charge in [-0.15, -0.1) is 0 Å². The van der Waals surface area contributed by atoms with Crippen molar-refractivity contribution in [2.75, 3.05) is 17.7 Å². The van der Waals surface area contributed by atoms with Gasteiger partial charge in [0, 0.05) is 7.05 Å². The third-order valence-corrected chi connectivity index (χ3v) is 3.26. The number of para-hydroxylation sites is 1. The van der Waals surface area contributed by atoms with Crippen LogP contribution in [0.25, 0.3) is 0 Å². The quantitative estimate of drug-likeness (QED) is 0.880. The van der Waals surface area contributed by atoms with E-state index in [0.717, 1.165) is 6.07 Å². The second-order valence-electron chi connectivity index (χ2n) is 3.80. The van der Waals surface area contributed by atoms with Crippen molar-refractivity contribution in [2.45, 2.75) is 6.18 Å². The van der Waals surface area contributed by atoms with Crippen LogP contribution in [-0.2, 0) is 6.18 Å². The molecule has 8 heteroatoms. The van der Waals surface area contributed by atoms with Crippen molar-refractivity contribution >= 4 is 33.3 Å². The maximum Gasteiger partial charge on any atom is 0.418 e. The predicted molar refractivity (Wildman–Crippen MR) is 74.0 cm³/mol. The van der Waals surface area contributed by atoms with E-state index < -0.39 is 11.7 Å². The first-order chi connectivity index (χ1) is 9.43. The topological polar surface area (TPSA) is 49.8 Å². The standard InChI is InChI=1S/C12H10BrF3N4/c1-17-10-9(13)11(19-6-18-10)20-8-5-3-2-4-7(8)12(14,15)16/h2-6H,1H3,(H2,17,18,19,20). The molecule has 0 atom stereocenters. The fraction of sp³-hybridized carbons (Fsp3) is 0.167. The van der Waals surface area contributed by atoms with Gasteiger partial charge >= 0.3 is 6.18 Å². The Morgan fingerprint density at radius 1 is 1.10 bits per heavy atom. The van der Waals surface area contributed by atoms with E-state index in [1.165, 1.54) is 24.5 Å². The Labute approximate surface area is 121 Å². The molecular weight excluding hydrogens is 337 g/mol. The molecule has 0 spiro atoms. The molecule has 0 aliphatic heterocycles. The first kappa shape index (κ1) is 14.6. The van der Waals surface area contributed by atoms with Gasteiger partial charge in [-0.1, -0.05) is 12.1 Å². The number of hydrogen-bond acceptors (Lipinski definition) is 4. The number of hydrogen-bond donors (Lipinski definition) is 2. The zero-order valence-electron chi connectivity index (χ0n) is 10.3. The van der Waals surface area contributed by atoms with Crippen LogP contribution in [0.4, 0.5) is 30.5 Å². The van der Waals surface area contributed by atoms with E-state index in [-0.39, 0.29) is 11.5 Å². The van der Waals surface area contributed by atoms with Gasteiger partial charge in [0.25, 0.3) is 0 Å². The summed E-state index contributed by atoms with van der Waals surface area (Å²) in [6.07, 6.45) is -3.18. The molecule has 20 heavy (non-hydrogen) atoms. The monoisotopic (exact) mass is 346 g/mol. The van der Waals surface area contributed by atoms with E-state index in [1.807, 2.05) is 0 Å². The van der Waals surface area contributed by atoms with Crippen LogP contribution >= 0.6 is 15.9 Å². The normalized spacial score (nSPS) is 11.2. The molecule has 1 heterocycles. The summed E-state index contributed by atoms with van der Waals surface area (Å²) in [4.78, 5) is 7.87. The lowest BCUT2D eigenvalue weighted by molar-refractivity contribution is -0.136. The maximum atomic E-state index is 12.9. The Hall–Kier alpha value is -1.83. The van der Waals surface area contributed by atoms with Gasteiger partial charge in [0.2, 0.25) is 0 Å². The summed E-state index contributed by atoms with van der Waals surface area (Å²) in [7, 11) is 1.65. The van der Waals surface area contributed by atoms with Gasteiger partial charge in [0.05, 0.1) is 11.3 Å². The summed E-state index contributed by atoms with van der Waals surface area (Å²) in [6, 6.07) is 5.21. The fourth-order valence-electron chi connectivity index (χ4n) is 1.60. The minimum absolute atomic E-state index is 0.0681. The number of rotatable bonds is 3. The van der Waals surface area contributed by atoms with Crippen molar-refractivity contribution in [1.82, 2.24) is 9.97 Å². The molecule has 4 nitrogen and oxygen atoms in total. The van der Waals surface area contributed by atoms with Crippen LogP contribution in [0.2, 0.25) is 0 Å². The van der Waals surface area contributed by atoms with E-state index >= 15 is 0 Å². The average molecular weight is 347 g/mol. The Bertz CT molecular complexity index is 616. The fourth-order valence-corrected chi connectivity index (χ4v) is 2.10. The summed E-state index contributed by atoms with van der Waals surface area (Å²) >= 11 is 3.24. The van der Waals surface area contributed by atoms with Crippen molar-refractivity contribution in [2.24, 2.45) is 0 Å². The zero-order chi connectivity index (χ0) is 14.8. The van der Waals surface area contributed by atoms with E-state index in [2.05, 4.69) is 36.5 Å². The summed E-state index contributed by atoms with van der Waals surface area (Å²) in [5.41, 5.74) is -0.821. The first-order valence-electron chi connectivity index (χ1n) is 5.55. The Balaban J connectivity index is 2.41. The molecule has 106 valence electrons. The highest BCUT2D eigenvalue weighted by Crippen LogP contribution is 2.37. The molecule has 2 aromatic rings. The van der Waals surface area contributed by atoms with Gasteiger partial charge in [-0.05, 0) is 28.1 Å². The molecule has 0 amide bonds. The van der Waals surface area contributed by atoms with Crippen LogP contribution in [0.3, 0.4) is 0 Å². The average Bonchev–Trinajstić information content (AvgIpc) is 2.40. The number of nitrogens with one attached hydrogen (secondary N) is 2. The molecule has 0 aliphatic carbocycles. The Kier molecular flexibility index (Phi) is 4.12. The number of halogens is 4. The van der Waals surface area contributed by atoms with Gasteiger partial charge in [0.15, 0.2) is 0 Å². The molecule has 0 fully saturated rings. The van der Waals surface area contributed by atoms with Crippen molar-refractivity contribution < 1.29 is 13.2 Å². The lowest BCUT2D eigenvalue weighted by atomic mass is 10.1. The van der Waals surface area contributed by atoms with E-state index in [1.54, 1.807) is 7.05 Å². The molecule has 0 saturated carbocycles. The SMILES string of the molecule is CNc1ncnc(Nc2ccccc2C(F)(F)F)c1Br. The molecule has 2 N–H and O–H groups in total. The molecule has 0 saturated heterocycles. The van der Waals surface area contributed by atoms with Crippen LogP contribution in [0.15, 0.2) is 35.1 Å². The Morgan fingerprint density at radius 2 is 1.75 bits per heavy atom. The smallest absolute Gasteiger partial charge is 0.372 e. The zero-order valence-corrected chi connectivity index (χ0v) is 11.9. The van der Waals surface area contributed by atoms with Crippen molar-refractivity contribution in [1.29, 1.82) is 0 Å². The van der Waals surface area contributed by atoms with Gasteiger partial charge in [-0.3, -0.25) is 0 Å². The van der Waals surface area contributed by atoms with Gasteiger partial charge in [-0.25, -0.2) is 9.97 Å². The number of benzene rings is 1. The highest BCUT2D eigenvalue weighted by atomic mass is 79.9. The molecule has 2 rings (SSSR count). The lowest BCUT2D eigenvalue weighted by Crippen LogP contribution is -2.09. The maximum absolute atomic E-state index is 12.9. The molecule has 0 unspecified atom stereocenters. The molecule has 0 bridgehead atoms. The van der Waals surface area contributed by atoms with Crippen LogP contribution in [0.1, 0.15) is 5.56 Å². The third kappa shape index (κ3) is 3.01. The number of anilines is 3. The van der Waals surface area contributed by atoms with Crippen molar-refractivity contribution in [3.63, 3.8) is 0 Å². The summed E-state index contributed by atoms with van der Waals surface area (Å²) < 4.78 is 39.2. The Morgan fingerprint density at radius 3 is 2.40 bits per heavy atom. The highest BCUT2D eigenvalue weighted by Gasteiger charge is 2.33. The first-order valence-corrected chi connectivity index (χ1v) is 6.34. The minimum Gasteiger partial charge on any atom is -0.372 e. The molecule has 1 aromatic carbocycles. The molecule has 1 aromatic heterocycles. The van der Waals surface area contributed by atoms with Crippen LogP contribution in [-0.4, -0.2) is 17.0 Å². The predicted octanol–water partition coefficient (Wildman–Crippen LogP) is 4.04. The van der Waals surface area contributed by atoms with E-state index in [9.17, 15) is 13.2 Å². The van der Waals surface area contributed by atoms with E-state index in [4.69, 9.17) is 0 Å². The second kappa shape index (κ2) is 5.66. The van der Waals surface area contributed by atoms with Gasteiger partial charge in [0.1, 0.15) is 22.4 Å². The lowest BCUT2D eigenvalue weighted by Gasteiger charge is -2.15. The van der Waals surface area contributed by atoms with Gasteiger partial charge < -0.3 is 10.6 Å². The third-order valence-electron chi connectivity index (χ3n) is 2.51. The van der Waals surface area contributed by atoms with E-state index in [0.29, 0.717) is 10.3 Å².